The van der Waals surface area contributed by atoms with Crippen molar-refractivity contribution in [1.82, 2.24) is 10.3 Å². The fourth-order valence-electron chi connectivity index (χ4n) is 1.26. The Bertz CT molecular complexity index is 371. The summed E-state index contributed by atoms with van der Waals surface area (Å²) in [6, 6.07) is 3.34. The van der Waals surface area contributed by atoms with Crippen LogP contribution in [0.5, 0.6) is 5.75 Å². The lowest BCUT2D eigenvalue weighted by Gasteiger charge is -2.09. The molecule has 0 spiro atoms. The van der Waals surface area contributed by atoms with Crippen LogP contribution in [0.25, 0.3) is 0 Å². The summed E-state index contributed by atoms with van der Waals surface area (Å²) in [4.78, 5) is 4.10. The van der Waals surface area contributed by atoms with Gasteiger partial charge < -0.3 is 19.5 Å². The normalized spacial score (nSPS) is 11.6. The molecule has 0 amide bonds. The number of nitrogens with zero attached hydrogens (tertiary/aromatic N) is 1. The first-order chi connectivity index (χ1) is 9.51. The molecule has 1 aromatic heterocycles. The minimum atomic E-state index is -4.35. The van der Waals surface area contributed by atoms with E-state index in [4.69, 9.17) is 9.47 Å². The van der Waals surface area contributed by atoms with Crippen LogP contribution >= 0.6 is 0 Å². The van der Waals surface area contributed by atoms with Gasteiger partial charge in [-0.25, -0.2) is 0 Å². The number of hydrogen-bond acceptors (Lipinski definition) is 5. The van der Waals surface area contributed by atoms with Crippen molar-refractivity contribution < 1.29 is 27.4 Å². The van der Waals surface area contributed by atoms with E-state index in [9.17, 15) is 13.2 Å². The number of rotatable bonds is 9. The molecule has 1 N–H and O–H groups in total. The van der Waals surface area contributed by atoms with Gasteiger partial charge in [-0.15, -0.1) is 0 Å². The van der Waals surface area contributed by atoms with E-state index in [2.05, 4.69) is 15.0 Å². The van der Waals surface area contributed by atoms with Gasteiger partial charge in [0.2, 0.25) is 0 Å². The smallest absolute Gasteiger partial charge is 0.411 e. The third kappa shape index (κ3) is 7.93. The molecule has 0 aliphatic heterocycles. The van der Waals surface area contributed by atoms with Crippen LogP contribution in [0.4, 0.5) is 13.2 Å². The molecule has 0 bridgehead atoms. The first-order valence-electron chi connectivity index (χ1n) is 5.93. The third-order valence-corrected chi connectivity index (χ3v) is 2.16. The fraction of sp³-hybridized carbons (Fsp3) is 0.583. The molecule has 1 aromatic rings. The van der Waals surface area contributed by atoms with Crippen LogP contribution in [0.2, 0.25) is 0 Å². The number of alkyl halides is 3. The molecule has 0 saturated carbocycles. The van der Waals surface area contributed by atoms with E-state index in [1.165, 1.54) is 6.20 Å². The molecule has 114 valence electrons. The molecule has 8 heteroatoms. The Hall–Kier alpha value is -1.38. The van der Waals surface area contributed by atoms with Gasteiger partial charge in [-0.3, -0.25) is 4.98 Å². The minimum Gasteiger partial charge on any atom is -0.466 e. The summed E-state index contributed by atoms with van der Waals surface area (Å²) in [5.74, 6) is 0.354. The summed E-state index contributed by atoms with van der Waals surface area (Å²) in [5.41, 5.74) is 0.796. The molecule has 0 aromatic carbocycles. The molecular weight excluding hydrogens is 277 g/mol. The van der Waals surface area contributed by atoms with Crippen molar-refractivity contribution in [3.63, 3.8) is 0 Å². The second-order valence-electron chi connectivity index (χ2n) is 3.88. The monoisotopic (exact) mass is 294 g/mol. The van der Waals surface area contributed by atoms with Crippen molar-refractivity contribution in [3.05, 3.63) is 24.0 Å². The molecule has 0 radical (unpaired) electrons. The number of hydrogen-bond donors (Lipinski definition) is 1. The molecule has 1 rings (SSSR count). The average molecular weight is 294 g/mol. The molecular formula is C12H17F3N2O3. The number of methoxy groups -OCH3 is 1. The quantitative estimate of drug-likeness (QED) is 0.555. The maximum absolute atomic E-state index is 11.8. The topological polar surface area (TPSA) is 52.6 Å². The van der Waals surface area contributed by atoms with Crippen molar-refractivity contribution in [1.29, 1.82) is 0 Å². The molecule has 0 atom stereocenters. The van der Waals surface area contributed by atoms with Gasteiger partial charge in [0.05, 0.1) is 18.5 Å². The molecule has 0 unspecified atom stereocenters. The maximum atomic E-state index is 11.8. The van der Waals surface area contributed by atoms with Gasteiger partial charge in [-0.2, -0.15) is 13.2 Å². The summed E-state index contributed by atoms with van der Waals surface area (Å²) in [5, 5.41) is 3.11. The zero-order chi connectivity index (χ0) is 14.8. The highest BCUT2D eigenvalue weighted by Gasteiger charge is 2.27. The van der Waals surface area contributed by atoms with Gasteiger partial charge in [-0.1, -0.05) is 0 Å². The Morgan fingerprint density at radius 2 is 2.10 bits per heavy atom. The van der Waals surface area contributed by atoms with Crippen molar-refractivity contribution in [3.8, 4) is 5.75 Å². The van der Waals surface area contributed by atoms with Crippen LogP contribution in [-0.2, 0) is 16.0 Å². The second kappa shape index (κ2) is 8.72. The Kier molecular flexibility index (Phi) is 7.27. The molecule has 0 aliphatic rings. The zero-order valence-electron chi connectivity index (χ0n) is 11.1. The number of aromatic nitrogens is 1. The third-order valence-electron chi connectivity index (χ3n) is 2.16. The highest BCUT2D eigenvalue weighted by atomic mass is 19.4. The Balaban J connectivity index is 2.21. The van der Waals surface area contributed by atoms with E-state index in [0.717, 1.165) is 5.69 Å². The summed E-state index contributed by atoms with van der Waals surface area (Å²) in [6.45, 7) is 0.0994. The highest BCUT2D eigenvalue weighted by Crippen LogP contribution is 2.15. The lowest BCUT2D eigenvalue weighted by atomic mass is 10.3. The summed E-state index contributed by atoms with van der Waals surface area (Å²) in [7, 11) is 1.62. The van der Waals surface area contributed by atoms with Gasteiger partial charge in [-0.05, 0) is 12.1 Å². The van der Waals surface area contributed by atoms with E-state index in [-0.39, 0.29) is 0 Å². The number of pyridine rings is 1. The Labute approximate surface area is 115 Å². The second-order valence-corrected chi connectivity index (χ2v) is 3.88. The Morgan fingerprint density at radius 3 is 2.70 bits per heavy atom. The maximum Gasteiger partial charge on any atom is 0.411 e. The van der Waals surface area contributed by atoms with Gasteiger partial charge in [0.1, 0.15) is 12.4 Å². The lowest BCUT2D eigenvalue weighted by molar-refractivity contribution is -0.186. The van der Waals surface area contributed by atoms with Crippen LogP contribution in [0.1, 0.15) is 5.69 Å². The van der Waals surface area contributed by atoms with Crippen molar-refractivity contribution >= 4 is 0 Å². The minimum absolute atomic E-state index is 0.354. The number of ether oxygens (including phenoxy) is 3. The molecule has 5 nitrogen and oxygen atoms in total. The first-order valence-corrected chi connectivity index (χ1v) is 5.93. The van der Waals surface area contributed by atoms with Crippen molar-refractivity contribution in [2.24, 2.45) is 0 Å². The molecule has 20 heavy (non-hydrogen) atoms. The van der Waals surface area contributed by atoms with Gasteiger partial charge in [0, 0.05) is 20.2 Å². The standard InChI is InChI=1S/C12H17F3N2O3/c1-18-5-4-16-6-10-2-3-11(7-17-10)20-9-19-8-12(13,14)15/h2-3,7,16H,4-6,8-9H2,1H3. The molecule has 0 fully saturated rings. The fourth-order valence-corrected chi connectivity index (χ4v) is 1.26. The summed E-state index contributed by atoms with van der Waals surface area (Å²) in [6.07, 6.45) is -2.91. The van der Waals surface area contributed by atoms with Crippen LogP contribution in [0, 0.1) is 0 Å². The largest absolute Gasteiger partial charge is 0.466 e. The summed E-state index contributed by atoms with van der Waals surface area (Å²) < 4.78 is 49.6. The van der Waals surface area contributed by atoms with E-state index in [0.29, 0.717) is 25.4 Å². The van der Waals surface area contributed by atoms with Crippen LogP contribution in [0.3, 0.4) is 0 Å². The van der Waals surface area contributed by atoms with Crippen LogP contribution < -0.4 is 10.1 Å². The molecule has 1 heterocycles. The van der Waals surface area contributed by atoms with Gasteiger partial charge in [0.15, 0.2) is 6.79 Å². The number of nitrogens with one attached hydrogen (secondary N) is 1. The highest BCUT2D eigenvalue weighted by molar-refractivity contribution is 5.19. The lowest BCUT2D eigenvalue weighted by Crippen LogP contribution is -2.19. The van der Waals surface area contributed by atoms with Gasteiger partial charge in [0.25, 0.3) is 0 Å². The zero-order valence-corrected chi connectivity index (χ0v) is 11.1. The average Bonchev–Trinajstić information content (AvgIpc) is 2.40. The van der Waals surface area contributed by atoms with E-state index < -0.39 is 19.6 Å². The molecule has 0 aliphatic carbocycles. The van der Waals surface area contributed by atoms with E-state index in [1.807, 2.05) is 0 Å². The van der Waals surface area contributed by atoms with Crippen molar-refractivity contribution in [2.75, 3.05) is 33.7 Å². The predicted molar refractivity (Wildman–Crippen MR) is 65.3 cm³/mol. The van der Waals surface area contributed by atoms with Crippen LogP contribution in [0.15, 0.2) is 18.3 Å². The van der Waals surface area contributed by atoms with E-state index in [1.54, 1.807) is 19.2 Å². The van der Waals surface area contributed by atoms with Gasteiger partial charge >= 0.3 is 6.18 Å². The van der Waals surface area contributed by atoms with Crippen molar-refractivity contribution in [2.45, 2.75) is 12.7 Å². The SMILES string of the molecule is COCCNCc1ccc(OCOCC(F)(F)F)cn1. The first kappa shape index (κ1) is 16.7. The number of halogens is 3. The molecule has 0 saturated heterocycles. The van der Waals surface area contributed by atoms with E-state index >= 15 is 0 Å². The summed E-state index contributed by atoms with van der Waals surface area (Å²) >= 11 is 0. The Morgan fingerprint density at radius 1 is 1.30 bits per heavy atom. The van der Waals surface area contributed by atoms with Crippen LogP contribution in [-0.4, -0.2) is 44.8 Å². The predicted octanol–water partition coefficient (Wildman–Crippen LogP) is 1.73.